The van der Waals surface area contributed by atoms with E-state index in [1.165, 1.54) is 11.3 Å². The molecule has 2 aliphatic heterocycles. The highest BCUT2D eigenvalue weighted by atomic mass is 32.1. The molecule has 0 radical (unpaired) electrons. The lowest BCUT2D eigenvalue weighted by Gasteiger charge is -2.26. The highest BCUT2D eigenvalue weighted by Crippen LogP contribution is 2.36. The molecule has 0 aliphatic carbocycles. The third-order valence-corrected chi connectivity index (χ3v) is 7.57. The van der Waals surface area contributed by atoms with Crippen molar-refractivity contribution in [2.24, 2.45) is 4.99 Å². The van der Waals surface area contributed by atoms with E-state index in [4.69, 9.17) is 23.4 Å². The number of methoxy groups -OCH3 is 1. The fourth-order valence-electron chi connectivity index (χ4n) is 4.82. The van der Waals surface area contributed by atoms with Crippen LogP contribution in [0.5, 0.6) is 11.5 Å². The molecule has 5 rings (SSSR count). The monoisotopic (exact) mass is 567 g/mol. The molecule has 10 nitrogen and oxygen atoms in total. The van der Waals surface area contributed by atoms with Gasteiger partial charge in [-0.15, -0.1) is 0 Å². The van der Waals surface area contributed by atoms with Crippen molar-refractivity contribution in [2.75, 3.05) is 44.9 Å². The van der Waals surface area contributed by atoms with Gasteiger partial charge in [0.2, 0.25) is 0 Å². The van der Waals surface area contributed by atoms with Gasteiger partial charge in [0.15, 0.2) is 22.2 Å². The number of aromatic nitrogens is 1. The van der Waals surface area contributed by atoms with Crippen molar-refractivity contribution < 1.29 is 28.2 Å². The number of anilines is 1. The summed E-state index contributed by atoms with van der Waals surface area (Å²) in [7, 11) is 1.56. The number of carbonyl (C=O) groups excluding carboxylic acids is 1. The Morgan fingerprint density at radius 3 is 2.67 bits per heavy atom. The van der Waals surface area contributed by atoms with Crippen molar-refractivity contribution in [1.82, 2.24) is 4.57 Å². The molecule has 1 atom stereocenters. The van der Waals surface area contributed by atoms with Crippen LogP contribution in [0.2, 0.25) is 0 Å². The molecule has 2 aromatic heterocycles. The molecule has 0 saturated carbocycles. The standard InChI is InChI=1S/C29H33N3O7S/c1-6-37-28(34)25-18(4)30-29-32(26(25)19-7-9-21(38-17(2)3)22(15-19)35-5)27(33)23(40-29)16-20-8-10-24(39-20)31-11-13-36-14-12-31/h7-10,15-17,26H,6,11-14H2,1-5H3. The number of nitrogens with zero attached hydrogens (tertiary/aromatic N) is 3. The van der Waals surface area contributed by atoms with E-state index in [-0.39, 0.29) is 18.3 Å². The van der Waals surface area contributed by atoms with Crippen molar-refractivity contribution in [3.05, 3.63) is 72.6 Å². The summed E-state index contributed by atoms with van der Waals surface area (Å²) in [6.45, 7) is 10.3. The van der Waals surface area contributed by atoms with Crippen molar-refractivity contribution in [3.63, 3.8) is 0 Å². The van der Waals surface area contributed by atoms with Gasteiger partial charge in [-0.3, -0.25) is 9.36 Å². The van der Waals surface area contributed by atoms with E-state index >= 15 is 0 Å². The maximum absolute atomic E-state index is 13.9. The Balaban J connectivity index is 1.62. The minimum Gasteiger partial charge on any atom is -0.493 e. The Morgan fingerprint density at radius 1 is 1.20 bits per heavy atom. The minimum atomic E-state index is -0.764. The summed E-state index contributed by atoms with van der Waals surface area (Å²) in [6, 6.07) is 8.39. The Kier molecular flexibility index (Phi) is 8.13. The quantitative estimate of drug-likeness (QED) is 0.383. The molecule has 4 heterocycles. The summed E-state index contributed by atoms with van der Waals surface area (Å²) in [6.07, 6.45) is 1.66. The predicted molar refractivity (Wildman–Crippen MR) is 151 cm³/mol. The molecule has 1 unspecified atom stereocenters. The number of hydrogen-bond donors (Lipinski definition) is 0. The lowest BCUT2D eigenvalue weighted by atomic mass is 9.95. The largest absolute Gasteiger partial charge is 0.493 e. The maximum Gasteiger partial charge on any atom is 0.338 e. The fraction of sp³-hybridized carbons (Fsp3) is 0.414. The van der Waals surface area contributed by atoms with Gasteiger partial charge in [-0.25, -0.2) is 9.79 Å². The number of hydrogen-bond acceptors (Lipinski definition) is 10. The van der Waals surface area contributed by atoms with E-state index in [2.05, 4.69) is 9.89 Å². The van der Waals surface area contributed by atoms with Crippen molar-refractivity contribution >= 4 is 29.3 Å². The molecule has 212 valence electrons. The van der Waals surface area contributed by atoms with Crippen LogP contribution in [0.4, 0.5) is 5.88 Å². The number of benzene rings is 1. The average Bonchev–Trinajstić information content (AvgIpc) is 3.53. The van der Waals surface area contributed by atoms with E-state index in [0.717, 1.165) is 19.0 Å². The predicted octanol–water partition coefficient (Wildman–Crippen LogP) is 3.02. The number of morpholine rings is 1. The van der Waals surface area contributed by atoms with Gasteiger partial charge in [-0.2, -0.15) is 0 Å². The molecule has 2 aliphatic rings. The summed E-state index contributed by atoms with van der Waals surface area (Å²) in [4.78, 5) is 34.3. The van der Waals surface area contributed by atoms with Gasteiger partial charge in [0.25, 0.3) is 5.56 Å². The van der Waals surface area contributed by atoms with E-state index in [0.29, 0.717) is 56.6 Å². The van der Waals surface area contributed by atoms with Gasteiger partial charge in [0, 0.05) is 25.2 Å². The van der Waals surface area contributed by atoms with Crippen molar-refractivity contribution in [1.29, 1.82) is 0 Å². The number of furan rings is 1. The third-order valence-electron chi connectivity index (χ3n) is 6.59. The van der Waals surface area contributed by atoms with E-state index in [9.17, 15) is 9.59 Å². The summed E-state index contributed by atoms with van der Waals surface area (Å²) in [5.74, 6) is 1.84. The second-order valence-electron chi connectivity index (χ2n) is 9.65. The molecule has 0 N–H and O–H groups in total. The number of carbonyl (C=O) groups is 1. The SMILES string of the molecule is CCOC(=O)C1=C(C)N=c2sc(=Cc3ccc(N4CCOCC4)o3)c(=O)n2C1c1ccc(OC(C)C)c(OC)c1. The van der Waals surface area contributed by atoms with Crippen LogP contribution in [0.3, 0.4) is 0 Å². The average molecular weight is 568 g/mol. The van der Waals surface area contributed by atoms with E-state index in [1.54, 1.807) is 43.7 Å². The van der Waals surface area contributed by atoms with Gasteiger partial charge >= 0.3 is 5.97 Å². The van der Waals surface area contributed by atoms with Crippen LogP contribution >= 0.6 is 11.3 Å². The molecule has 0 amide bonds. The zero-order valence-corrected chi connectivity index (χ0v) is 24.1. The third kappa shape index (κ3) is 5.44. The molecule has 0 bridgehead atoms. The fourth-order valence-corrected chi connectivity index (χ4v) is 5.84. The Morgan fingerprint density at radius 2 is 1.98 bits per heavy atom. The van der Waals surface area contributed by atoms with E-state index in [1.807, 2.05) is 32.0 Å². The van der Waals surface area contributed by atoms with Crippen LogP contribution in [0, 0.1) is 0 Å². The first kappa shape index (κ1) is 27.7. The number of rotatable bonds is 8. The lowest BCUT2D eigenvalue weighted by molar-refractivity contribution is -0.139. The highest BCUT2D eigenvalue weighted by molar-refractivity contribution is 7.07. The summed E-state index contributed by atoms with van der Waals surface area (Å²) in [5.41, 5.74) is 1.18. The minimum absolute atomic E-state index is 0.0555. The van der Waals surface area contributed by atoms with E-state index < -0.39 is 12.0 Å². The zero-order valence-electron chi connectivity index (χ0n) is 23.3. The van der Waals surface area contributed by atoms with Gasteiger partial charge in [-0.1, -0.05) is 17.4 Å². The number of allylic oxidation sites excluding steroid dienone is 1. The van der Waals surface area contributed by atoms with Crippen LogP contribution in [-0.4, -0.2) is 56.7 Å². The van der Waals surface area contributed by atoms with Crippen LogP contribution < -0.4 is 29.3 Å². The molecule has 1 aromatic carbocycles. The summed E-state index contributed by atoms with van der Waals surface area (Å²) in [5, 5.41) is 0. The summed E-state index contributed by atoms with van der Waals surface area (Å²) >= 11 is 1.24. The van der Waals surface area contributed by atoms with Crippen molar-refractivity contribution in [2.45, 2.75) is 39.8 Å². The van der Waals surface area contributed by atoms with Crippen LogP contribution in [0.15, 0.2) is 55.8 Å². The smallest absolute Gasteiger partial charge is 0.338 e. The normalized spacial score (nSPS) is 17.6. The lowest BCUT2D eigenvalue weighted by Crippen LogP contribution is -2.40. The van der Waals surface area contributed by atoms with Gasteiger partial charge in [0.05, 0.1) is 54.9 Å². The molecule has 40 heavy (non-hydrogen) atoms. The molecular weight excluding hydrogens is 534 g/mol. The molecule has 11 heteroatoms. The zero-order chi connectivity index (χ0) is 28.4. The first-order chi connectivity index (χ1) is 19.3. The van der Waals surface area contributed by atoms with Gasteiger partial charge in [0.1, 0.15) is 5.76 Å². The molecule has 1 saturated heterocycles. The number of ether oxygens (including phenoxy) is 4. The topological polar surface area (TPSA) is 105 Å². The highest BCUT2D eigenvalue weighted by Gasteiger charge is 2.34. The summed E-state index contributed by atoms with van der Waals surface area (Å²) < 4.78 is 30.3. The van der Waals surface area contributed by atoms with Gasteiger partial charge in [-0.05, 0) is 51.5 Å². The molecule has 3 aromatic rings. The maximum atomic E-state index is 13.9. The number of thiazole rings is 1. The number of esters is 1. The Bertz CT molecular complexity index is 1610. The number of fused-ring (bicyclic) bond motifs is 1. The first-order valence-electron chi connectivity index (χ1n) is 13.3. The second kappa shape index (κ2) is 11.7. The molecule has 0 spiro atoms. The van der Waals surface area contributed by atoms with Crippen LogP contribution in [0.25, 0.3) is 6.08 Å². The van der Waals surface area contributed by atoms with Crippen LogP contribution in [-0.2, 0) is 14.3 Å². The van der Waals surface area contributed by atoms with Crippen molar-refractivity contribution in [3.8, 4) is 11.5 Å². The molecule has 1 fully saturated rings. The van der Waals surface area contributed by atoms with Gasteiger partial charge < -0.3 is 28.3 Å². The Hall–Kier alpha value is -3.83. The molecular formula is C29H33N3O7S. The second-order valence-corrected chi connectivity index (χ2v) is 10.7. The Labute approximate surface area is 235 Å². The first-order valence-corrected chi connectivity index (χ1v) is 14.1. The van der Waals surface area contributed by atoms with Crippen LogP contribution in [0.1, 0.15) is 45.1 Å².